The van der Waals surface area contributed by atoms with Crippen molar-refractivity contribution in [3.05, 3.63) is 51.2 Å². The Morgan fingerprint density at radius 3 is 2.50 bits per heavy atom. The van der Waals surface area contributed by atoms with Crippen molar-refractivity contribution in [3.8, 4) is 11.1 Å². The second-order valence-corrected chi connectivity index (χ2v) is 4.98. The Morgan fingerprint density at radius 2 is 1.94 bits per heavy atom. The van der Waals surface area contributed by atoms with Gasteiger partial charge in [0.25, 0.3) is 0 Å². The molecule has 0 atom stereocenters. The normalized spacial score (nSPS) is 10.4. The molecule has 0 aliphatic rings. The molecule has 0 saturated heterocycles. The molecule has 0 radical (unpaired) electrons. The summed E-state index contributed by atoms with van der Waals surface area (Å²) in [7, 11) is 0. The van der Waals surface area contributed by atoms with E-state index in [0.29, 0.717) is 15.2 Å². The van der Waals surface area contributed by atoms with Crippen molar-refractivity contribution >= 4 is 33.5 Å². The van der Waals surface area contributed by atoms with Gasteiger partial charge >= 0.3 is 5.97 Å². The predicted molar refractivity (Wildman–Crippen MR) is 74.1 cm³/mol. The van der Waals surface area contributed by atoms with E-state index in [2.05, 4.69) is 20.9 Å². The second kappa shape index (κ2) is 5.08. The van der Waals surface area contributed by atoms with Crippen LogP contribution in [0.3, 0.4) is 0 Å². The molecule has 0 aliphatic heterocycles. The van der Waals surface area contributed by atoms with E-state index in [0.717, 1.165) is 11.1 Å². The molecule has 3 nitrogen and oxygen atoms in total. The van der Waals surface area contributed by atoms with Crippen LogP contribution in [0, 0.1) is 6.92 Å². The molecule has 0 spiro atoms. The van der Waals surface area contributed by atoms with Crippen molar-refractivity contribution in [2.75, 3.05) is 0 Å². The minimum Gasteiger partial charge on any atom is -0.478 e. The van der Waals surface area contributed by atoms with Crippen LogP contribution in [0.2, 0.25) is 5.02 Å². The molecule has 1 heterocycles. The number of carbonyl (C=O) groups is 1. The van der Waals surface area contributed by atoms with Crippen molar-refractivity contribution in [3.63, 3.8) is 0 Å². The summed E-state index contributed by atoms with van der Waals surface area (Å²) in [6.45, 7) is 1.83. The van der Waals surface area contributed by atoms with Gasteiger partial charge in [0.15, 0.2) is 0 Å². The summed E-state index contributed by atoms with van der Waals surface area (Å²) in [4.78, 5) is 15.4. The first-order valence-electron chi connectivity index (χ1n) is 5.15. The second-order valence-electron chi connectivity index (χ2n) is 3.79. The zero-order valence-corrected chi connectivity index (χ0v) is 11.8. The first-order chi connectivity index (χ1) is 8.50. The average Bonchev–Trinajstić information content (AvgIpc) is 2.32. The van der Waals surface area contributed by atoms with Crippen LogP contribution < -0.4 is 0 Å². The van der Waals surface area contributed by atoms with E-state index in [4.69, 9.17) is 11.6 Å². The monoisotopic (exact) mass is 325 g/mol. The predicted octanol–water partition coefficient (Wildman–Crippen LogP) is 4.17. The van der Waals surface area contributed by atoms with Gasteiger partial charge in [0.1, 0.15) is 10.2 Å². The Morgan fingerprint density at radius 1 is 1.33 bits per heavy atom. The van der Waals surface area contributed by atoms with Gasteiger partial charge in [0.2, 0.25) is 0 Å². The molecule has 0 aliphatic carbocycles. The van der Waals surface area contributed by atoms with Crippen molar-refractivity contribution in [1.29, 1.82) is 0 Å². The van der Waals surface area contributed by atoms with E-state index in [1.165, 1.54) is 0 Å². The van der Waals surface area contributed by atoms with Gasteiger partial charge in [-0.05, 0) is 46.1 Å². The molecule has 0 unspecified atom stereocenters. The summed E-state index contributed by atoms with van der Waals surface area (Å²) < 4.78 is 0.325. The number of hydrogen-bond donors (Lipinski definition) is 1. The number of carboxylic acid groups (broad SMARTS) is 1. The fourth-order valence-corrected chi connectivity index (χ4v) is 2.36. The zero-order chi connectivity index (χ0) is 13.3. The SMILES string of the molecule is Cc1cnc(Br)c(C(=O)O)c1-c1ccc(Cl)cc1. The van der Waals surface area contributed by atoms with Gasteiger partial charge < -0.3 is 5.11 Å². The van der Waals surface area contributed by atoms with Crippen LogP contribution >= 0.6 is 27.5 Å². The molecule has 0 bridgehead atoms. The summed E-state index contributed by atoms with van der Waals surface area (Å²) in [5.41, 5.74) is 2.42. The smallest absolute Gasteiger partial charge is 0.339 e. The highest BCUT2D eigenvalue weighted by molar-refractivity contribution is 9.10. The quantitative estimate of drug-likeness (QED) is 0.843. The fraction of sp³-hybridized carbons (Fsp3) is 0.0769. The Hall–Kier alpha value is -1.39. The van der Waals surface area contributed by atoms with Gasteiger partial charge in [-0.25, -0.2) is 9.78 Å². The fourth-order valence-electron chi connectivity index (χ4n) is 1.77. The van der Waals surface area contributed by atoms with Crippen LogP contribution in [0.5, 0.6) is 0 Å². The van der Waals surface area contributed by atoms with Crippen LogP contribution in [0.4, 0.5) is 0 Å². The molecule has 0 amide bonds. The molecule has 18 heavy (non-hydrogen) atoms. The molecule has 2 aromatic rings. The van der Waals surface area contributed by atoms with Gasteiger partial charge in [-0.1, -0.05) is 23.7 Å². The maximum absolute atomic E-state index is 11.3. The van der Waals surface area contributed by atoms with Gasteiger partial charge in [0.05, 0.1) is 0 Å². The lowest BCUT2D eigenvalue weighted by molar-refractivity contribution is 0.0696. The molecule has 2 rings (SSSR count). The van der Waals surface area contributed by atoms with E-state index in [9.17, 15) is 9.90 Å². The number of nitrogens with zero attached hydrogens (tertiary/aromatic N) is 1. The lowest BCUT2D eigenvalue weighted by Crippen LogP contribution is -2.04. The third kappa shape index (κ3) is 2.40. The van der Waals surface area contributed by atoms with E-state index in [1.54, 1.807) is 30.5 Å². The minimum atomic E-state index is -1.01. The van der Waals surface area contributed by atoms with Crippen LogP contribution in [-0.2, 0) is 0 Å². The molecule has 1 N–H and O–H groups in total. The number of benzene rings is 1. The van der Waals surface area contributed by atoms with Crippen LogP contribution in [0.15, 0.2) is 35.1 Å². The van der Waals surface area contributed by atoms with Crippen molar-refractivity contribution in [2.24, 2.45) is 0 Å². The lowest BCUT2D eigenvalue weighted by Gasteiger charge is -2.11. The summed E-state index contributed by atoms with van der Waals surface area (Å²) in [5, 5.41) is 9.90. The average molecular weight is 327 g/mol. The molecule has 1 aromatic carbocycles. The molecule has 92 valence electrons. The number of halogens is 2. The van der Waals surface area contributed by atoms with E-state index in [-0.39, 0.29) is 5.56 Å². The first kappa shape index (κ1) is 13.1. The summed E-state index contributed by atoms with van der Waals surface area (Å²) >= 11 is 9.01. The topological polar surface area (TPSA) is 50.2 Å². The Kier molecular flexibility index (Phi) is 3.68. The minimum absolute atomic E-state index is 0.164. The zero-order valence-electron chi connectivity index (χ0n) is 9.45. The van der Waals surface area contributed by atoms with Crippen molar-refractivity contribution in [2.45, 2.75) is 6.92 Å². The maximum atomic E-state index is 11.3. The maximum Gasteiger partial charge on any atom is 0.339 e. The number of aromatic carboxylic acids is 1. The van der Waals surface area contributed by atoms with Crippen molar-refractivity contribution in [1.82, 2.24) is 4.98 Å². The molecular formula is C13H9BrClNO2. The molecular weight excluding hydrogens is 318 g/mol. The van der Waals surface area contributed by atoms with Crippen LogP contribution in [-0.4, -0.2) is 16.1 Å². The molecule has 0 fully saturated rings. The number of carboxylic acids is 1. The first-order valence-corrected chi connectivity index (χ1v) is 6.32. The molecule has 0 saturated carbocycles. The highest BCUT2D eigenvalue weighted by Crippen LogP contribution is 2.31. The van der Waals surface area contributed by atoms with E-state index < -0.39 is 5.97 Å². The number of pyridine rings is 1. The summed E-state index contributed by atoms with van der Waals surface area (Å²) in [6, 6.07) is 7.06. The summed E-state index contributed by atoms with van der Waals surface area (Å²) in [5.74, 6) is -1.01. The molecule has 1 aromatic heterocycles. The third-order valence-corrected chi connectivity index (χ3v) is 3.42. The number of aryl methyl sites for hydroxylation is 1. The lowest BCUT2D eigenvalue weighted by atomic mass is 9.97. The Labute approximate surface area is 118 Å². The highest BCUT2D eigenvalue weighted by Gasteiger charge is 2.18. The van der Waals surface area contributed by atoms with E-state index in [1.807, 2.05) is 6.92 Å². The van der Waals surface area contributed by atoms with Gasteiger partial charge in [-0.15, -0.1) is 0 Å². The third-order valence-electron chi connectivity index (χ3n) is 2.57. The summed E-state index contributed by atoms with van der Waals surface area (Å²) in [6.07, 6.45) is 1.64. The molecule has 5 heteroatoms. The number of rotatable bonds is 2. The van der Waals surface area contributed by atoms with Crippen LogP contribution in [0.25, 0.3) is 11.1 Å². The Balaban J connectivity index is 2.73. The Bertz CT molecular complexity index is 611. The van der Waals surface area contributed by atoms with Crippen molar-refractivity contribution < 1.29 is 9.90 Å². The van der Waals surface area contributed by atoms with Crippen LogP contribution in [0.1, 0.15) is 15.9 Å². The highest BCUT2D eigenvalue weighted by atomic mass is 79.9. The standard InChI is InChI=1S/C13H9BrClNO2/c1-7-6-16-12(14)11(13(17)18)10(7)8-2-4-9(15)5-3-8/h2-6H,1H3,(H,17,18). The number of hydrogen-bond acceptors (Lipinski definition) is 2. The van der Waals surface area contributed by atoms with Gasteiger partial charge in [-0.2, -0.15) is 0 Å². The largest absolute Gasteiger partial charge is 0.478 e. The van der Waals surface area contributed by atoms with E-state index >= 15 is 0 Å². The van der Waals surface area contributed by atoms with Gasteiger partial charge in [0, 0.05) is 16.8 Å². The van der Waals surface area contributed by atoms with Gasteiger partial charge in [-0.3, -0.25) is 0 Å². The number of aromatic nitrogens is 1.